The molecule has 0 amide bonds. The van der Waals surface area contributed by atoms with Crippen LogP contribution in [0.5, 0.6) is 5.88 Å². The van der Waals surface area contributed by atoms with Crippen LogP contribution < -0.4 is 4.74 Å². The van der Waals surface area contributed by atoms with Gasteiger partial charge in [-0.1, -0.05) is 6.07 Å². The Kier molecular flexibility index (Phi) is 2.59. The first-order chi connectivity index (χ1) is 6.15. The monoisotopic (exact) mass is 181 g/mol. The zero-order valence-corrected chi connectivity index (χ0v) is 6.85. The molecule has 1 rings (SSSR count). The Balaban J connectivity index is 3.02. The predicted octanol–water partition coefficient (Wildman–Crippen LogP) is 0.357. The Hall–Kier alpha value is -1.91. The molecule has 0 aliphatic carbocycles. The standard InChI is InChI=1S/C8H7NO4/c1-13-6-4-2-3-5(9-6)7(10)8(11)12/h2-4H,1H3,(H,11,12). The smallest absolute Gasteiger partial charge is 0.378 e. The number of aromatic nitrogens is 1. The predicted molar refractivity (Wildman–Crippen MR) is 42.8 cm³/mol. The van der Waals surface area contributed by atoms with Crippen LogP contribution in [0, 0.1) is 0 Å². The zero-order valence-electron chi connectivity index (χ0n) is 6.85. The molecule has 5 heteroatoms. The molecule has 1 aromatic rings. The molecular formula is C8H7NO4. The molecule has 0 fully saturated rings. The van der Waals surface area contributed by atoms with Gasteiger partial charge in [-0.3, -0.25) is 4.79 Å². The fourth-order valence-corrected chi connectivity index (χ4v) is 0.765. The molecular weight excluding hydrogens is 174 g/mol. The average Bonchev–Trinajstić information content (AvgIpc) is 2.16. The lowest BCUT2D eigenvalue weighted by Gasteiger charge is -1.99. The molecule has 0 atom stereocenters. The molecule has 0 saturated heterocycles. The number of rotatable bonds is 3. The molecule has 1 aromatic heterocycles. The highest BCUT2D eigenvalue weighted by molar-refractivity contribution is 6.39. The van der Waals surface area contributed by atoms with Crippen molar-refractivity contribution in [1.82, 2.24) is 4.98 Å². The summed E-state index contributed by atoms with van der Waals surface area (Å²) in [6.07, 6.45) is 0. The van der Waals surface area contributed by atoms with E-state index in [9.17, 15) is 9.59 Å². The molecule has 1 heterocycles. The molecule has 0 aliphatic heterocycles. The van der Waals surface area contributed by atoms with Gasteiger partial charge in [0.25, 0.3) is 5.78 Å². The van der Waals surface area contributed by atoms with E-state index < -0.39 is 11.8 Å². The SMILES string of the molecule is COc1cccc(C(=O)C(=O)O)n1. The molecule has 0 unspecified atom stereocenters. The van der Waals surface area contributed by atoms with Crippen molar-refractivity contribution in [1.29, 1.82) is 0 Å². The minimum Gasteiger partial charge on any atom is -0.481 e. The normalized spacial score (nSPS) is 9.31. The van der Waals surface area contributed by atoms with Gasteiger partial charge in [-0.05, 0) is 6.07 Å². The second-order valence-corrected chi connectivity index (χ2v) is 2.20. The first-order valence-corrected chi connectivity index (χ1v) is 3.44. The van der Waals surface area contributed by atoms with Gasteiger partial charge in [-0.15, -0.1) is 0 Å². The number of aliphatic carboxylic acids is 1. The van der Waals surface area contributed by atoms with Crippen molar-refractivity contribution in [2.24, 2.45) is 0 Å². The Morgan fingerprint density at radius 3 is 2.69 bits per heavy atom. The van der Waals surface area contributed by atoms with Crippen LogP contribution in [-0.2, 0) is 4.79 Å². The van der Waals surface area contributed by atoms with Crippen LogP contribution in [0.15, 0.2) is 18.2 Å². The molecule has 13 heavy (non-hydrogen) atoms. The Labute approximate surface area is 74.0 Å². The number of Topliss-reactive ketones (excluding diaryl/α,β-unsaturated/α-hetero) is 1. The van der Waals surface area contributed by atoms with Crippen LogP contribution in [0.4, 0.5) is 0 Å². The summed E-state index contributed by atoms with van der Waals surface area (Å²) >= 11 is 0. The first kappa shape index (κ1) is 9.18. The fraction of sp³-hybridized carbons (Fsp3) is 0.125. The van der Waals surface area contributed by atoms with Gasteiger partial charge in [-0.25, -0.2) is 9.78 Å². The van der Waals surface area contributed by atoms with Crippen molar-refractivity contribution in [2.45, 2.75) is 0 Å². The van der Waals surface area contributed by atoms with Gasteiger partial charge in [0.05, 0.1) is 7.11 Å². The minimum atomic E-state index is -1.53. The number of hydrogen-bond donors (Lipinski definition) is 1. The molecule has 0 bridgehead atoms. The van der Waals surface area contributed by atoms with Crippen LogP contribution in [0.25, 0.3) is 0 Å². The van der Waals surface area contributed by atoms with Gasteiger partial charge in [0.15, 0.2) is 0 Å². The Bertz CT molecular complexity index is 348. The van der Waals surface area contributed by atoms with Gasteiger partial charge >= 0.3 is 5.97 Å². The van der Waals surface area contributed by atoms with E-state index in [0.29, 0.717) is 0 Å². The van der Waals surface area contributed by atoms with Crippen molar-refractivity contribution in [3.8, 4) is 5.88 Å². The molecule has 5 nitrogen and oxygen atoms in total. The van der Waals surface area contributed by atoms with Crippen LogP contribution >= 0.6 is 0 Å². The van der Waals surface area contributed by atoms with E-state index in [1.807, 2.05) is 0 Å². The maximum absolute atomic E-state index is 10.9. The number of ether oxygens (including phenoxy) is 1. The highest BCUT2D eigenvalue weighted by Gasteiger charge is 2.16. The third-order valence-corrected chi connectivity index (χ3v) is 1.36. The molecule has 1 N–H and O–H groups in total. The molecule has 68 valence electrons. The number of carboxylic acid groups (broad SMARTS) is 1. The molecule has 0 aromatic carbocycles. The summed E-state index contributed by atoms with van der Waals surface area (Å²) < 4.78 is 4.73. The van der Waals surface area contributed by atoms with Crippen LogP contribution in [0.3, 0.4) is 0 Å². The second kappa shape index (κ2) is 3.66. The molecule has 0 aliphatic rings. The van der Waals surface area contributed by atoms with Crippen LogP contribution in [0.2, 0.25) is 0 Å². The van der Waals surface area contributed by atoms with Crippen molar-refractivity contribution in [2.75, 3.05) is 7.11 Å². The number of hydrogen-bond acceptors (Lipinski definition) is 4. The maximum Gasteiger partial charge on any atom is 0.378 e. The van der Waals surface area contributed by atoms with E-state index in [4.69, 9.17) is 9.84 Å². The highest BCUT2D eigenvalue weighted by Crippen LogP contribution is 2.06. The highest BCUT2D eigenvalue weighted by atomic mass is 16.5. The summed E-state index contributed by atoms with van der Waals surface area (Å²) in [4.78, 5) is 24.8. The van der Waals surface area contributed by atoms with Crippen molar-refractivity contribution < 1.29 is 19.4 Å². The number of methoxy groups -OCH3 is 1. The molecule has 0 spiro atoms. The summed E-state index contributed by atoms with van der Waals surface area (Å²) in [7, 11) is 1.39. The number of carbonyl (C=O) groups is 2. The van der Waals surface area contributed by atoms with Gasteiger partial charge in [0.1, 0.15) is 5.69 Å². The quantitative estimate of drug-likeness (QED) is 0.538. The maximum atomic E-state index is 10.9. The lowest BCUT2D eigenvalue weighted by Crippen LogP contribution is -2.14. The number of ketones is 1. The number of nitrogens with zero attached hydrogens (tertiary/aromatic N) is 1. The van der Waals surface area contributed by atoms with E-state index in [0.717, 1.165) is 0 Å². The zero-order chi connectivity index (χ0) is 9.84. The summed E-state index contributed by atoms with van der Waals surface area (Å²) in [6.45, 7) is 0. The van der Waals surface area contributed by atoms with E-state index >= 15 is 0 Å². The van der Waals surface area contributed by atoms with Crippen molar-refractivity contribution >= 4 is 11.8 Å². The van der Waals surface area contributed by atoms with E-state index in [1.165, 1.54) is 25.3 Å². The van der Waals surface area contributed by atoms with E-state index in [-0.39, 0.29) is 11.6 Å². The summed E-state index contributed by atoms with van der Waals surface area (Å²) in [5.41, 5.74) is -0.133. The minimum absolute atomic E-state index is 0.133. The number of carboxylic acids is 1. The van der Waals surface area contributed by atoms with E-state index in [1.54, 1.807) is 0 Å². The summed E-state index contributed by atoms with van der Waals surface area (Å²) in [5.74, 6) is -2.35. The number of pyridine rings is 1. The fourth-order valence-electron chi connectivity index (χ4n) is 0.765. The van der Waals surface area contributed by atoms with Gasteiger partial charge < -0.3 is 9.84 Å². The van der Waals surface area contributed by atoms with Gasteiger partial charge in [-0.2, -0.15) is 0 Å². The topological polar surface area (TPSA) is 76.5 Å². The summed E-state index contributed by atoms with van der Waals surface area (Å²) in [5, 5.41) is 8.37. The second-order valence-electron chi connectivity index (χ2n) is 2.20. The Morgan fingerprint density at radius 2 is 2.15 bits per heavy atom. The van der Waals surface area contributed by atoms with Crippen LogP contribution in [-0.4, -0.2) is 29.0 Å². The molecule has 0 radical (unpaired) electrons. The Morgan fingerprint density at radius 1 is 1.46 bits per heavy atom. The van der Waals surface area contributed by atoms with Gasteiger partial charge in [0, 0.05) is 6.07 Å². The van der Waals surface area contributed by atoms with E-state index in [2.05, 4.69) is 4.98 Å². The van der Waals surface area contributed by atoms with Gasteiger partial charge in [0.2, 0.25) is 5.88 Å². The van der Waals surface area contributed by atoms with Crippen molar-refractivity contribution in [3.63, 3.8) is 0 Å². The van der Waals surface area contributed by atoms with Crippen molar-refractivity contribution in [3.05, 3.63) is 23.9 Å². The average molecular weight is 181 g/mol. The lowest BCUT2D eigenvalue weighted by atomic mass is 10.2. The number of carbonyl (C=O) groups excluding carboxylic acids is 1. The third-order valence-electron chi connectivity index (χ3n) is 1.36. The summed E-state index contributed by atoms with van der Waals surface area (Å²) in [6, 6.07) is 4.35. The first-order valence-electron chi connectivity index (χ1n) is 3.44. The largest absolute Gasteiger partial charge is 0.481 e. The lowest BCUT2D eigenvalue weighted by molar-refractivity contribution is -0.131. The molecule has 0 saturated carbocycles. The van der Waals surface area contributed by atoms with Crippen LogP contribution in [0.1, 0.15) is 10.5 Å². The third kappa shape index (κ3) is 2.02.